The molecule has 2 aliphatic rings. The molecule has 0 saturated carbocycles. The zero-order valence-corrected chi connectivity index (χ0v) is 14.9. The van der Waals surface area contributed by atoms with E-state index in [1.165, 1.54) is 0 Å². The van der Waals surface area contributed by atoms with Crippen LogP contribution in [-0.2, 0) is 9.53 Å². The van der Waals surface area contributed by atoms with E-state index in [1.54, 1.807) is 23.1 Å². The van der Waals surface area contributed by atoms with E-state index in [-0.39, 0.29) is 17.7 Å². The van der Waals surface area contributed by atoms with Crippen molar-refractivity contribution in [3.05, 3.63) is 33.8 Å². The normalized spacial score (nSPS) is 19.4. The number of likely N-dealkylation sites (tertiary alicyclic amines) is 1. The summed E-state index contributed by atoms with van der Waals surface area (Å²) in [5, 5.41) is 0.895. The van der Waals surface area contributed by atoms with Gasteiger partial charge in [0.2, 0.25) is 5.91 Å². The highest BCUT2D eigenvalue weighted by Crippen LogP contribution is 2.24. The molecule has 0 bridgehead atoms. The van der Waals surface area contributed by atoms with Crippen molar-refractivity contribution in [1.82, 2.24) is 9.80 Å². The first-order valence-corrected chi connectivity index (χ1v) is 8.92. The van der Waals surface area contributed by atoms with Crippen molar-refractivity contribution in [2.75, 3.05) is 39.4 Å². The lowest BCUT2D eigenvalue weighted by Gasteiger charge is -2.35. The fourth-order valence-corrected chi connectivity index (χ4v) is 3.76. The number of carbonyl (C=O) groups excluding carboxylic acids is 2. The van der Waals surface area contributed by atoms with Gasteiger partial charge in [0.15, 0.2) is 0 Å². The van der Waals surface area contributed by atoms with E-state index in [1.807, 2.05) is 4.90 Å². The van der Waals surface area contributed by atoms with Gasteiger partial charge in [0, 0.05) is 47.7 Å². The highest BCUT2D eigenvalue weighted by Gasteiger charge is 2.31. The number of hydrogen-bond donors (Lipinski definition) is 0. The molecule has 2 fully saturated rings. The predicted molar refractivity (Wildman–Crippen MR) is 92.5 cm³/mol. The predicted octanol–water partition coefficient (Wildman–Crippen LogP) is 2.70. The summed E-state index contributed by atoms with van der Waals surface area (Å²) in [5.41, 5.74) is 0.491. The van der Waals surface area contributed by atoms with Gasteiger partial charge in [0.05, 0.1) is 13.2 Å². The largest absolute Gasteiger partial charge is 0.378 e. The standard InChI is InChI=1S/C17H20Cl2N2O3/c18-14-9-13(10-15(19)11-14)17(23)20-3-1-12(2-4-20)16(22)21-5-7-24-8-6-21/h9-12H,1-8H2. The summed E-state index contributed by atoms with van der Waals surface area (Å²) in [6, 6.07) is 4.86. The van der Waals surface area contributed by atoms with Gasteiger partial charge in [-0.25, -0.2) is 0 Å². The van der Waals surface area contributed by atoms with E-state index in [4.69, 9.17) is 27.9 Å². The van der Waals surface area contributed by atoms with Crippen LogP contribution in [0, 0.1) is 5.92 Å². The van der Waals surface area contributed by atoms with Gasteiger partial charge in [-0.3, -0.25) is 9.59 Å². The summed E-state index contributed by atoms with van der Waals surface area (Å²) in [5.74, 6) is 0.1000. The Labute approximate surface area is 151 Å². The lowest BCUT2D eigenvalue weighted by molar-refractivity contribution is -0.141. The molecule has 2 saturated heterocycles. The van der Waals surface area contributed by atoms with E-state index in [0.717, 1.165) is 0 Å². The minimum absolute atomic E-state index is 0.00454. The van der Waals surface area contributed by atoms with Crippen molar-refractivity contribution in [1.29, 1.82) is 0 Å². The SMILES string of the molecule is O=C(c1cc(Cl)cc(Cl)c1)N1CCC(C(=O)N2CCOCC2)CC1. The van der Waals surface area contributed by atoms with Crippen LogP contribution in [0.5, 0.6) is 0 Å². The average molecular weight is 371 g/mol. The van der Waals surface area contributed by atoms with Crippen molar-refractivity contribution in [2.45, 2.75) is 12.8 Å². The smallest absolute Gasteiger partial charge is 0.253 e. The molecule has 1 aromatic carbocycles. The number of rotatable bonds is 2. The second kappa shape index (κ2) is 7.72. The van der Waals surface area contributed by atoms with E-state index in [2.05, 4.69) is 0 Å². The fraction of sp³-hybridized carbons (Fsp3) is 0.529. The molecule has 130 valence electrons. The fourth-order valence-electron chi connectivity index (χ4n) is 3.23. The maximum Gasteiger partial charge on any atom is 0.253 e. The van der Waals surface area contributed by atoms with Crippen LogP contribution in [0.1, 0.15) is 23.2 Å². The average Bonchev–Trinajstić information content (AvgIpc) is 2.60. The Hall–Kier alpha value is -1.30. The van der Waals surface area contributed by atoms with Crippen LogP contribution in [0.25, 0.3) is 0 Å². The molecule has 0 N–H and O–H groups in total. The van der Waals surface area contributed by atoms with E-state index in [0.29, 0.717) is 67.8 Å². The molecule has 2 amide bonds. The Bertz CT molecular complexity index is 604. The van der Waals surface area contributed by atoms with E-state index in [9.17, 15) is 9.59 Å². The zero-order chi connectivity index (χ0) is 17.1. The van der Waals surface area contributed by atoms with Crippen LogP contribution < -0.4 is 0 Å². The number of hydrogen-bond acceptors (Lipinski definition) is 3. The first-order valence-electron chi connectivity index (χ1n) is 8.16. The quantitative estimate of drug-likeness (QED) is 0.803. The van der Waals surface area contributed by atoms with Gasteiger partial charge in [-0.2, -0.15) is 0 Å². The number of nitrogens with zero attached hydrogens (tertiary/aromatic N) is 2. The summed E-state index contributed by atoms with van der Waals surface area (Å²) in [6.45, 7) is 3.70. The van der Waals surface area contributed by atoms with Gasteiger partial charge in [-0.15, -0.1) is 0 Å². The number of carbonyl (C=O) groups is 2. The highest BCUT2D eigenvalue weighted by molar-refractivity contribution is 6.35. The Balaban J connectivity index is 1.58. The van der Waals surface area contributed by atoms with Crippen molar-refractivity contribution in [3.63, 3.8) is 0 Å². The Morgan fingerprint density at radius 2 is 1.50 bits per heavy atom. The molecule has 2 aliphatic heterocycles. The molecular weight excluding hydrogens is 351 g/mol. The second-order valence-electron chi connectivity index (χ2n) is 6.16. The summed E-state index contributed by atoms with van der Waals surface area (Å²) in [7, 11) is 0. The molecule has 3 rings (SSSR count). The molecule has 1 aromatic rings. The molecule has 24 heavy (non-hydrogen) atoms. The van der Waals surface area contributed by atoms with Crippen molar-refractivity contribution >= 4 is 35.0 Å². The number of ether oxygens (including phenoxy) is 1. The zero-order valence-electron chi connectivity index (χ0n) is 13.3. The number of benzene rings is 1. The summed E-state index contributed by atoms with van der Waals surface area (Å²) in [6.07, 6.45) is 1.38. The van der Waals surface area contributed by atoms with Crippen LogP contribution in [0.3, 0.4) is 0 Å². The third-order valence-corrected chi connectivity index (χ3v) is 5.00. The molecule has 0 aliphatic carbocycles. The first kappa shape index (κ1) is 17.5. The summed E-state index contributed by atoms with van der Waals surface area (Å²) in [4.78, 5) is 28.7. The molecule has 0 spiro atoms. The minimum Gasteiger partial charge on any atom is -0.378 e. The van der Waals surface area contributed by atoms with Gasteiger partial charge in [0.25, 0.3) is 5.91 Å². The Morgan fingerprint density at radius 1 is 0.917 bits per heavy atom. The minimum atomic E-state index is -0.0864. The number of morpholine rings is 1. The van der Waals surface area contributed by atoms with Crippen LogP contribution >= 0.6 is 23.2 Å². The van der Waals surface area contributed by atoms with Gasteiger partial charge in [-0.1, -0.05) is 23.2 Å². The Morgan fingerprint density at radius 3 is 2.08 bits per heavy atom. The molecule has 0 atom stereocenters. The molecule has 0 unspecified atom stereocenters. The third kappa shape index (κ3) is 4.02. The summed E-state index contributed by atoms with van der Waals surface area (Å²) < 4.78 is 5.29. The molecule has 2 heterocycles. The molecule has 7 heteroatoms. The van der Waals surface area contributed by atoms with Crippen LogP contribution in [0.4, 0.5) is 0 Å². The van der Waals surface area contributed by atoms with Gasteiger partial charge < -0.3 is 14.5 Å². The van der Waals surface area contributed by atoms with Crippen molar-refractivity contribution < 1.29 is 14.3 Å². The lowest BCUT2D eigenvalue weighted by Crippen LogP contribution is -2.47. The maximum absolute atomic E-state index is 12.6. The molecule has 0 aromatic heterocycles. The topological polar surface area (TPSA) is 49.9 Å². The van der Waals surface area contributed by atoms with Gasteiger partial charge in [0.1, 0.15) is 0 Å². The lowest BCUT2D eigenvalue weighted by atomic mass is 9.94. The third-order valence-electron chi connectivity index (χ3n) is 4.56. The van der Waals surface area contributed by atoms with Gasteiger partial charge in [-0.05, 0) is 31.0 Å². The molecule has 5 nitrogen and oxygen atoms in total. The number of amides is 2. The first-order chi connectivity index (χ1) is 11.5. The molecular formula is C17H20Cl2N2O3. The highest BCUT2D eigenvalue weighted by atomic mass is 35.5. The van der Waals surface area contributed by atoms with Crippen LogP contribution in [0.15, 0.2) is 18.2 Å². The number of halogens is 2. The van der Waals surface area contributed by atoms with E-state index >= 15 is 0 Å². The number of piperidine rings is 1. The van der Waals surface area contributed by atoms with Gasteiger partial charge >= 0.3 is 0 Å². The maximum atomic E-state index is 12.6. The Kier molecular flexibility index (Phi) is 5.64. The second-order valence-corrected chi connectivity index (χ2v) is 7.04. The van der Waals surface area contributed by atoms with Crippen molar-refractivity contribution in [3.8, 4) is 0 Å². The van der Waals surface area contributed by atoms with Crippen molar-refractivity contribution in [2.24, 2.45) is 5.92 Å². The van der Waals surface area contributed by atoms with Crippen LogP contribution in [-0.4, -0.2) is 61.0 Å². The van der Waals surface area contributed by atoms with Crippen LogP contribution in [0.2, 0.25) is 10.0 Å². The monoisotopic (exact) mass is 370 g/mol. The van der Waals surface area contributed by atoms with E-state index < -0.39 is 0 Å². The molecule has 0 radical (unpaired) electrons. The summed E-state index contributed by atoms with van der Waals surface area (Å²) >= 11 is 11.9.